The van der Waals surface area contributed by atoms with Crippen LogP contribution in [0.3, 0.4) is 0 Å². The number of benzene rings is 2. The minimum Gasteiger partial charge on any atom is -0.497 e. The van der Waals surface area contributed by atoms with Crippen LogP contribution in [0.25, 0.3) is 0 Å². The van der Waals surface area contributed by atoms with Crippen molar-refractivity contribution in [1.29, 1.82) is 0 Å². The molecule has 2 aromatic rings. The SMILES string of the molecule is COc1ccc(C(C)Nc2ccc(F)cc2)c(OC)c1. The summed E-state index contributed by atoms with van der Waals surface area (Å²) in [6.07, 6.45) is 0. The highest BCUT2D eigenvalue weighted by Gasteiger charge is 2.12. The summed E-state index contributed by atoms with van der Waals surface area (Å²) in [6, 6.07) is 12.0. The van der Waals surface area contributed by atoms with E-state index in [1.807, 2.05) is 25.1 Å². The second kappa shape index (κ2) is 6.28. The molecule has 4 heteroatoms. The molecule has 0 aliphatic carbocycles. The molecule has 1 unspecified atom stereocenters. The first-order valence-electron chi connectivity index (χ1n) is 6.38. The monoisotopic (exact) mass is 275 g/mol. The summed E-state index contributed by atoms with van der Waals surface area (Å²) in [4.78, 5) is 0. The second-order valence-electron chi connectivity index (χ2n) is 4.48. The lowest BCUT2D eigenvalue weighted by molar-refractivity contribution is 0.390. The van der Waals surface area contributed by atoms with Gasteiger partial charge in [-0.15, -0.1) is 0 Å². The molecule has 1 N–H and O–H groups in total. The van der Waals surface area contributed by atoms with E-state index in [2.05, 4.69) is 5.32 Å². The number of anilines is 1. The largest absolute Gasteiger partial charge is 0.497 e. The average Bonchev–Trinajstić information content (AvgIpc) is 2.48. The van der Waals surface area contributed by atoms with Gasteiger partial charge in [-0.25, -0.2) is 4.39 Å². The molecule has 0 saturated heterocycles. The summed E-state index contributed by atoms with van der Waals surface area (Å²) in [7, 11) is 3.25. The summed E-state index contributed by atoms with van der Waals surface area (Å²) in [5.41, 5.74) is 1.87. The van der Waals surface area contributed by atoms with E-state index in [4.69, 9.17) is 9.47 Å². The summed E-state index contributed by atoms with van der Waals surface area (Å²) < 4.78 is 23.5. The molecule has 20 heavy (non-hydrogen) atoms. The molecule has 2 aromatic carbocycles. The van der Waals surface area contributed by atoms with Crippen molar-refractivity contribution in [2.45, 2.75) is 13.0 Å². The van der Waals surface area contributed by atoms with Crippen LogP contribution in [-0.2, 0) is 0 Å². The van der Waals surface area contributed by atoms with Crippen molar-refractivity contribution < 1.29 is 13.9 Å². The molecule has 0 fully saturated rings. The predicted octanol–water partition coefficient (Wildman–Crippen LogP) is 4.02. The molecule has 0 heterocycles. The van der Waals surface area contributed by atoms with Crippen molar-refractivity contribution in [2.24, 2.45) is 0 Å². The van der Waals surface area contributed by atoms with Crippen LogP contribution in [0.15, 0.2) is 42.5 Å². The van der Waals surface area contributed by atoms with Gasteiger partial charge < -0.3 is 14.8 Å². The molecule has 1 atom stereocenters. The van der Waals surface area contributed by atoms with Crippen molar-refractivity contribution in [3.05, 3.63) is 53.8 Å². The maximum Gasteiger partial charge on any atom is 0.127 e. The summed E-state index contributed by atoms with van der Waals surface area (Å²) in [5, 5.41) is 3.31. The minimum absolute atomic E-state index is 0.0290. The quantitative estimate of drug-likeness (QED) is 0.894. The highest BCUT2D eigenvalue weighted by molar-refractivity contribution is 5.49. The van der Waals surface area contributed by atoms with Crippen LogP contribution in [0.2, 0.25) is 0 Å². The molecule has 0 aliphatic rings. The Morgan fingerprint density at radius 2 is 1.70 bits per heavy atom. The average molecular weight is 275 g/mol. The highest BCUT2D eigenvalue weighted by atomic mass is 19.1. The molecule has 0 aromatic heterocycles. The Morgan fingerprint density at radius 1 is 1.00 bits per heavy atom. The molecule has 0 amide bonds. The predicted molar refractivity (Wildman–Crippen MR) is 78.0 cm³/mol. The molecule has 0 spiro atoms. The van der Waals surface area contributed by atoms with Gasteiger partial charge in [0.1, 0.15) is 17.3 Å². The van der Waals surface area contributed by atoms with E-state index in [0.29, 0.717) is 0 Å². The number of rotatable bonds is 5. The van der Waals surface area contributed by atoms with Gasteiger partial charge in [-0.1, -0.05) is 0 Å². The van der Waals surface area contributed by atoms with Crippen LogP contribution < -0.4 is 14.8 Å². The Bertz CT molecular complexity index is 569. The Labute approximate surface area is 118 Å². The van der Waals surface area contributed by atoms with Gasteiger partial charge in [0.2, 0.25) is 0 Å². The van der Waals surface area contributed by atoms with Crippen LogP contribution in [-0.4, -0.2) is 14.2 Å². The Kier molecular flexibility index (Phi) is 4.45. The van der Waals surface area contributed by atoms with Gasteiger partial charge in [-0.2, -0.15) is 0 Å². The molecule has 3 nitrogen and oxygen atoms in total. The van der Waals surface area contributed by atoms with E-state index in [-0.39, 0.29) is 11.9 Å². The molecule has 106 valence electrons. The normalized spacial score (nSPS) is 11.8. The van der Waals surface area contributed by atoms with Crippen LogP contribution >= 0.6 is 0 Å². The number of methoxy groups -OCH3 is 2. The van der Waals surface area contributed by atoms with E-state index in [1.165, 1.54) is 12.1 Å². The van der Waals surface area contributed by atoms with Crippen molar-refractivity contribution in [3.8, 4) is 11.5 Å². The summed E-state index contributed by atoms with van der Waals surface area (Å²) in [6.45, 7) is 2.02. The van der Waals surface area contributed by atoms with Crippen molar-refractivity contribution in [1.82, 2.24) is 0 Å². The molecular weight excluding hydrogens is 257 g/mol. The van der Waals surface area contributed by atoms with E-state index in [0.717, 1.165) is 22.7 Å². The first-order chi connectivity index (χ1) is 9.63. The molecule has 0 radical (unpaired) electrons. The first-order valence-corrected chi connectivity index (χ1v) is 6.38. The highest BCUT2D eigenvalue weighted by Crippen LogP contribution is 2.31. The summed E-state index contributed by atoms with van der Waals surface area (Å²) in [5.74, 6) is 1.26. The standard InChI is InChI=1S/C16H18FNO2/c1-11(18-13-6-4-12(17)5-7-13)15-9-8-14(19-2)10-16(15)20-3/h4-11,18H,1-3H3. The third-order valence-electron chi connectivity index (χ3n) is 3.13. The maximum atomic E-state index is 12.9. The molecule has 2 rings (SSSR count). The van der Waals surface area contributed by atoms with Gasteiger partial charge in [0, 0.05) is 17.3 Å². The zero-order valence-electron chi connectivity index (χ0n) is 11.8. The number of nitrogens with one attached hydrogen (secondary N) is 1. The first kappa shape index (κ1) is 14.2. The smallest absolute Gasteiger partial charge is 0.127 e. The number of ether oxygens (including phenoxy) is 2. The Morgan fingerprint density at radius 3 is 2.30 bits per heavy atom. The van der Waals surface area contributed by atoms with Crippen LogP contribution in [0.1, 0.15) is 18.5 Å². The lowest BCUT2D eigenvalue weighted by atomic mass is 10.1. The van der Waals surface area contributed by atoms with E-state index in [9.17, 15) is 4.39 Å². The van der Waals surface area contributed by atoms with Gasteiger partial charge in [0.15, 0.2) is 0 Å². The zero-order chi connectivity index (χ0) is 14.5. The third kappa shape index (κ3) is 3.20. The third-order valence-corrected chi connectivity index (χ3v) is 3.13. The van der Waals surface area contributed by atoms with Gasteiger partial charge in [-0.05, 0) is 43.3 Å². The van der Waals surface area contributed by atoms with Crippen LogP contribution in [0.5, 0.6) is 11.5 Å². The fraction of sp³-hybridized carbons (Fsp3) is 0.250. The van der Waals surface area contributed by atoms with Crippen molar-refractivity contribution >= 4 is 5.69 Å². The Balaban J connectivity index is 2.20. The lowest BCUT2D eigenvalue weighted by Crippen LogP contribution is -2.08. The zero-order valence-corrected chi connectivity index (χ0v) is 11.8. The molecule has 0 bridgehead atoms. The maximum absolute atomic E-state index is 12.9. The second-order valence-corrected chi connectivity index (χ2v) is 4.48. The van der Waals surface area contributed by atoms with Gasteiger partial charge in [0.05, 0.1) is 20.3 Å². The number of hydrogen-bond donors (Lipinski definition) is 1. The van der Waals surface area contributed by atoms with Gasteiger partial charge in [0.25, 0.3) is 0 Å². The van der Waals surface area contributed by atoms with Gasteiger partial charge in [-0.3, -0.25) is 0 Å². The molecule has 0 aliphatic heterocycles. The topological polar surface area (TPSA) is 30.5 Å². The van der Waals surface area contributed by atoms with Crippen LogP contribution in [0.4, 0.5) is 10.1 Å². The van der Waals surface area contributed by atoms with Crippen molar-refractivity contribution in [3.63, 3.8) is 0 Å². The summed E-state index contributed by atoms with van der Waals surface area (Å²) >= 11 is 0. The van der Waals surface area contributed by atoms with Crippen molar-refractivity contribution in [2.75, 3.05) is 19.5 Å². The number of hydrogen-bond acceptors (Lipinski definition) is 3. The van der Waals surface area contributed by atoms with Crippen LogP contribution in [0, 0.1) is 5.82 Å². The van der Waals surface area contributed by atoms with E-state index in [1.54, 1.807) is 26.4 Å². The minimum atomic E-state index is -0.245. The lowest BCUT2D eigenvalue weighted by Gasteiger charge is -2.19. The number of halogens is 1. The van der Waals surface area contributed by atoms with E-state index >= 15 is 0 Å². The molecular formula is C16H18FNO2. The molecule has 0 saturated carbocycles. The van der Waals surface area contributed by atoms with Gasteiger partial charge >= 0.3 is 0 Å². The van der Waals surface area contributed by atoms with E-state index < -0.39 is 0 Å². The fourth-order valence-electron chi connectivity index (χ4n) is 2.05. The fourth-order valence-corrected chi connectivity index (χ4v) is 2.05. The Hall–Kier alpha value is -2.23.